The lowest BCUT2D eigenvalue weighted by Crippen LogP contribution is -2.43. The van der Waals surface area contributed by atoms with Gasteiger partial charge in [-0.3, -0.25) is 4.79 Å². The molecule has 0 aliphatic carbocycles. The average molecular weight is 465 g/mol. The Morgan fingerprint density at radius 3 is 2.67 bits per heavy atom. The molecule has 0 aliphatic rings. The lowest BCUT2D eigenvalue weighted by molar-refractivity contribution is -0.124. The van der Waals surface area contributed by atoms with Crippen LogP contribution in [-0.2, 0) is 4.79 Å². The highest BCUT2D eigenvalue weighted by Crippen LogP contribution is 2.30. The third kappa shape index (κ3) is 6.45. The van der Waals surface area contributed by atoms with Crippen LogP contribution >= 0.6 is 11.8 Å². The SMILES string of the molecule is CSc1ccc2nc(-c3cccc(OCC(=O)NC(C)(C)C)c3)nc(N/C(C=N)=C/N)c2c1. The highest BCUT2D eigenvalue weighted by atomic mass is 32.2. The predicted molar refractivity (Wildman–Crippen MR) is 135 cm³/mol. The minimum absolute atomic E-state index is 0.0897. The van der Waals surface area contributed by atoms with E-state index in [2.05, 4.69) is 10.6 Å². The lowest BCUT2D eigenvalue weighted by Gasteiger charge is -2.20. The number of nitrogens with one attached hydrogen (secondary N) is 3. The summed E-state index contributed by atoms with van der Waals surface area (Å²) >= 11 is 1.62. The number of carbonyl (C=O) groups excluding carboxylic acids is 1. The number of aromatic nitrogens is 2. The summed E-state index contributed by atoms with van der Waals surface area (Å²) in [5.41, 5.74) is 7.19. The molecule has 0 aliphatic heterocycles. The topological polar surface area (TPSA) is 126 Å². The molecule has 8 nitrogen and oxygen atoms in total. The number of ether oxygens (including phenoxy) is 1. The molecule has 172 valence electrons. The van der Waals surface area contributed by atoms with Crippen molar-refractivity contribution in [2.45, 2.75) is 31.2 Å². The number of carbonyl (C=O) groups is 1. The second-order valence-corrected chi connectivity index (χ2v) is 9.16. The number of nitrogens with zero attached hydrogens (tertiary/aromatic N) is 2. The minimum atomic E-state index is -0.325. The molecule has 0 saturated heterocycles. The molecular weight excluding hydrogens is 436 g/mol. The van der Waals surface area contributed by atoms with Gasteiger partial charge in [0.15, 0.2) is 12.4 Å². The van der Waals surface area contributed by atoms with Crippen LogP contribution in [0.15, 0.2) is 59.3 Å². The van der Waals surface area contributed by atoms with Crippen LogP contribution in [0, 0.1) is 5.41 Å². The van der Waals surface area contributed by atoms with E-state index in [1.54, 1.807) is 23.9 Å². The van der Waals surface area contributed by atoms with Crippen molar-refractivity contribution in [3.63, 3.8) is 0 Å². The zero-order valence-corrected chi connectivity index (χ0v) is 19.9. The zero-order valence-electron chi connectivity index (χ0n) is 19.1. The molecule has 0 radical (unpaired) electrons. The molecule has 3 aromatic rings. The first-order chi connectivity index (χ1) is 15.7. The summed E-state index contributed by atoms with van der Waals surface area (Å²) in [6.45, 7) is 5.66. The maximum Gasteiger partial charge on any atom is 0.258 e. The van der Waals surface area contributed by atoms with E-state index < -0.39 is 0 Å². The van der Waals surface area contributed by atoms with Gasteiger partial charge in [-0.05, 0) is 57.4 Å². The molecule has 3 rings (SSSR count). The number of fused-ring (bicyclic) bond motifs is 1. The standard InChI is InChI=1S/C24H28N6O2S/c1-24(2,3)30-21(31)14-32-17-7-5-6-15(10-17)22-28-20-9-8-18(33-4)11-19(20)23(29-22)27-16(12-25)13-26/h5-13,25H,14,26H2,1-4H3,(H,30,31)(H,27,28,29)/b16-13+,25-12?. The first-order valence-corrected chi connectivity index (χ1v) is 11.5. The lowest BCUT2D eigenvalue weighted by atomic mass is 10.1. The van der Waals surface area contributed by atoms with Crippen molar-refractivity contribution < 1.29 is 9.53 Å². The number of hydrogen-bond donors (Lipinski definition) is 4. The quantitative estimate of drug-likeness (QED) is 0.291. The van der Waals surface area contributed by atoms with Crippen LogP contribution in [0.1, 0.15) is 20.8 Å². The number of hydrogen-bond acceptors (Lipinski definition) is 8. The normalized spacial score (nSPS) is 11.8. The van der Waals surface area contributed by atoms with Crippen molar-refractivity contribution in [2.24, 2.45) is 5.73 Å². The van der Waals surface area contributed by atoms with Crippen molar-refractivity contribution in [2.75, 3.05) is 18.2 Å². The highest BCUT2D eigenvalue weighted by molar-refractivity contribution is 7.98. The third-order valence-electron chi connectivity index (χ3n) is 4.48. The van der Waals surface area contributed by atoms with Crippen molar-refractivity contribution >= 4 is 40.6 Å². The Hall–Kier alpha value is -3.59. The van der Waals surface area contributed by atoms with Gasteiger partial charge in [-0.15, -0.1) is 11.8 Å². The van der Waals surface area contributed by atoms with E-state index in [1.165, 1.54) is 6.20 Å². The van der Waals surface area contributed by atoms with E-state index in [-0.39, 0.29) is 18.1 Å². The minimum Gasteiger partial charge on any atom is -0.484 e. The summed E-state index contributed by atoms with van der Waals surface area (Å²) in [4.78, 5) is 22.6. The van der Waals surface area contributed by atoms with Crippen molar-refractivity contribution in [1.29, 1.82) is 5.41 Å². The molecule has 9 heteroatoms. The van der Waals surface area contributed by atoms with Crippen molar-refractivity contribution in [1.82, 2.24) is 15.3 Å². The van der Waals surface area contributed by atoms with Gasteiger partial charge in [0.05, 0.1) is 11.2 Å². The number of amides is 1. The third-order valence-corrected chi connectivity index (χ3v) is 5.20. The second kappa shape index (κ2) is 10.4. The van der Waals surface area contributed by atoms with E-state index in [9.17, 15) is 4.79 Å². The average Bonchev–Trinajstić information content (AvgIpc) is 2.79. The van der Waals surface area contributed by atoms with Gasteiger partial charge >= 0.3 is 0 Å². The smallest absolute Gasteiger partial charge is 0.258 e. The molecule has 5 N–H and O–H groups in total. The first-order valence-electron chi connectivity index (χ1n) is 10.3. The Morgan fingerprint density at radius 2 is 2.00 bits per heavy atom. The fraction of sp³-hybridized carbons (Fsp3) is 0.250. The van der Waals surface area contributed by atoms with E-state index in [1.807, 2.05) is 57.4 Å². The summed E-state index contributed by atoms with van der Waals surface area (Å²) in [5.74, 6) is 1.36. The van der Waals surface area contributed by atoms with Crippen molar-refractivity contribution in [3.05, 3.63) is 54.4 Å². The van der Waals surface area contributed by atoms with Gasteiger partial charge < -0.3 is 26.5 Å². The number of rotatable bonds is 8. The number of anilines is 1. The fourth-order valence-corrected chi connectivity index (χ4v) is 3.49. The molecule has 33 heavy (non-hydrogen) atoms. The largest absolute Gasteiger partial charge is 0.484 e. The molecule has 1 amide bonds. The Kier molecular flexibility index (Phi) is 7.55. The Labute approximate surface area is 197 Å². The Morgan fingerprint density at radius 1 is 1.21 bits per heavy atom. The van der Waals surface area contributed by atoms with E-state index >= 15 is 0 Å². The fourth-order valence-electron chi connectivity index (χ4n) is 3.05. The number of allylic oxidation sites excluding steroid dienone is 1. The highest BCUT2D eigenvalue weighted by Gasteiger charge is 2.15. The van der Waals surface area contributed by atoms with E-state index in [0.29, 0.717) is 23.1 Å². The summed E-state index contributed by atoms with van der Waals surface area (Å²) in [7, 11) is 0. The molecule has 0 unspecified atom stereocenters. The Balaban J connectivity index is 1.95. The van der Waals surface area contributed by atoms with Gasteiger partial charge in [0.25, 0.3) is 5.91 Å². The number of nitrogens with two attached hydrogens (primary N) is 1. The molecular formula is C24H28N6O2S. The second-order valence-electron chi connectivity index (χ2n) is 8.28. The summed E-state index contributed by atoms with van der Waals surface area (Å²) in [6.07, 6.45) is 4.44. The van der Waals surface area contributed by atoms with Crippen LogP contribution < -0.4 is 21.1 Å². The molecule has 0 spiro atoms. The molecule has 0 bridgehead atoms. The first kappa shape index (κ1) is 24.1. The van der Waals surface area contributed by atoms with Gasteiger partial charge in [-0.2, -0.15) is 0 Å². The number of benzene rings is 2. The van der Waals surface area contributed by atoms with Crippen LogP contribution in [0.2, 0.25) is 0 Å². The maximum atomic E-state index is 12.1. The van der Waals surface area contributed by atoms with Gasteiger partial charge in [-0.25, -0.2) is 9.97 Å². The summed E-state index contributed by atoms with van der Waals surface area (Å²) < 4.78 is 5.68. The van der Waals surface area contributed by atoms with E-state index in [4.69, 9.17) is 25.8 Å². The molecule has 2 aromatic carbocycles. The predicted octanol–water partition coefficient (Wildman–Crippen LogP) is 4.17. The van der Waals surface area contributed by atoms with Gasteiger partial charge in [-0.1, -0.05) is 12.1 Å². The van der Waals surface area contributed by atoms with E-state index in [0.717, 1.165) is 27.6 Å². The molecule has 0 atom stereocenters. The summed E-state index contributed by atoms with van der Waals surface area (Å²) in [6, 6.07) is 13.2. The van der Waals surface area contributed by atoms with Crippen LogP contribution in [0.3, 0.4) is 0 Å². The van der Waals surface area contributed by atoms with Crippen LogP contribution in [0.5, 0.6) is 5.75 Å². The molecule has 0 saturated carbocycles. The Bertz CT molecular complexity index is 1200. The molecule has 0 fully saturated rings. The monoisotopic (exact) mass is 464 g/mol. The maximum absolute atomic E-state index is 12.1. The van der Waals surface area contributed by atoms with Crippen LogP contribution in [0.4, 0.5) is 5.82 Å². The molecule has 1 aromatic heterocycles. The van der Waals surface area contributed by atoms with Gasteiger partial charge in [0, 0.05) is 33.8 Å². The van der Waals surface area contributed by atoms with Gasteiger partial charge in [0.1, 0.15) is 11.6 Å². The molecule has 1 heterocycles. The zero-order chi connectivity index (χ0) is 24.0. The van der Waals surface area contributed by atoms with Crippen LogP contribution in [-0.4, -0.2) is 40.5 Å². The van der Waals surface area contributed by atoms with Crippen molar-refractivity contribution in [3.8, 4) is 17.1 Å². The number of thioether (sulfide) groups is 1. The van der Waals surface area contributed by atoms with Crippen LogP contribution in [0.25, 0.3) is 22.3 Å². The summed E-state index contributed by atoms with van der Waals surface area (Å²) in [5, 5.41) is 14.3. The van der Waals surface area contributed by atoms with Gasteiger partial charge in [0.2, 0.25) is 0 Å².